The molecule has 23 heavy (non-hydrogen) atoms. The van der Waals surface area contributed by atoms with Crippen LogP contribution in [0.4, 0.5) is 4.79 Å². The molecule has 5 heteroatoms. The van der Waals surface area contributed by atoms with Crippen LogP contribution in [0.5, 0.6) is 5.75 Å². The first kappa shape index (κ1) is 17.6. The molecule has 1 aliphatic carbocycles. The van der Waals surface area contributed by atoms with Crippen LogP contribution in [-0.2, 0) is 0 Å². The third kappa shape index (κ3) is 6.10. The fourth-order valence-corrected chi connectivity index (χ4v) is 2.88. The SMILES string of the molecule is CCC(COc1ccccc1)NC(=O)NC1CCC(CO)CC1. The summed E-state index contributed by atoms with van der Waals surface area (Å²) >= 11 is 0. The second kappa shape index (κ2) is 9.40. The number of hydrogen-bond donors (Lipinski definition) is 3. The maximum atomic E-state index is 12.1. The molecule has 0 bridgehead atoms. The molecule has 5 nitrogen and oxygen atoms in total. The molecule has 0 saturated heterocycles. The molecule has 1 fully saturated rings. The summed E-state index contributed by atoms with van der Waals surface area (Å²) in [7, 11) is 0. The Morgan fingerprint density at radius 3 is 2.57 bits per heavy atom. The molecule has 128 valence electrons. The van der Waals surface area contributed by atoms with Crippen molar-refractivity contribution >= 4 is 6.03 Å². The van der Waals surface area contributed by atoms with Gasteiger partial charge < -0.3 is 20.5 Å². The van der Waals surface area contributed by atoms with E-state index in [2.05, 4.69) is 10.6 Å². The number of carbonyl (C=O) groups excluding carboxylic acids is 1. The number of rotatable bonds is 7. The topological polar surface area (TPSA) is 70.6 Å². The Labute approximate surface area is 138 Å². The number of urea groups is 1. The van der Waals surface area contributed by atoms with Gasteiger partial charge in [-0.2, -0.15) is 0 Å². The minimum absolute atomic E-state index is 0.0102. The Hall–Kier alpha value is -1.75. The van der Waals surface area contributed by atoms with E-state index in [4.69, 9.17) is 9.84 Å². The van der Waals surface area contributed by atoms with Crippen LogP contribution in [0.3, 0.4) is 0 Å². The van der Waals surface area contributed by atoms with Gasteiger partial charge in [-0.05, 0) is 50.2 Å². The molecule has 1 saturated carbocycles. The highest BCUT2D eigenvalue weighted by Gasteiger charge is 2.22. The minimum Gasteiger partial charge on any atom is -0.491 e. The molecule has 0 aromatic heterocycles. The average Bonchev–Trinajstić information content (AvgIpc) is 2.60. The van der Waals surface area contributed by atoms with Gasteiger partial charge in [0.1, 0.15) is 12.4 Å². The van der Waals surface area contributed by atoms with Crippen molar-refractivity contribution in [3.8, 4) is 5.75 Å². The summed E-state index contributed by atoms with van der Waals surface area (Å²) in [4.78, 5) is 12.1. The van der Waals surface area contributed by atoms with Crippen molar-refractivity contribution in [1.29, 1.82) is 0 Å². The lowest BCUT2D eigenvalue weighted by atomic mass is 9.87. The molecule has 0 spiro atoms. The first-order valence-corrected chi connectivity index (χ1v) is 8.57. The van der Waals surface area contributed by atoms with Gasteiger partial charge in [0.2, 0.25) is 0 Å². The van der Waals surface area contributed by atoms with Crippen molar-refractivity contribution in [1.82, 2.24) is 10.6 Å². The highest BCUT2D eigenvalue weighted by atomic mass is 16.5. The van der Waals surface area contributed by atoms with Crippen LogP contribution in [-0.4, -0.2) is 36.4 Å². The van der Waals surface area contributed by atoms with Gasteiger partial charge in [0.15, 0.2) is 0 Å². The Morgan fingerprint density at radius 2 is 1.96 bits per heavy atom. The molecule has 2 rings (SSSR count). The van der Waals surface area contributed by atoms with Crippen LogP contribution in [0.1, 0.15) is 39.0 Å². The third-order valence-corrected chi connectivity index (χ3v) is 4.46. The van der Waals surface area contributed by atoms with Crippen molar-refractivity contribution < 1.29 is 14.6 Å². The zero-order valence-corrected chi connectivity index (χ0v) is 13.8. The van der Waals surface area contributed by atoms with Crippen molar-refractivity contribution in [2.45, 2.75) is 51.1 Å². The van der Waals surface area contributed by atoms with E-state index in [1.165, 1.54) is 0 Å². The molecule has 2 amide bonds. The molecular formula is C18H28N2O3. The fourth-order valence-electron chi connectivity index (χ4n) is 2.88. The molecule has 0 radical (unpaired) electrons. The first-order chi connectivity index (χ1) is 11.2. The Morgan fingerprint density at radius 1 is 1.26 bits per heavy atom. The first-order valence-electron chi connectivity index (χ1n) is 8.57. The van der Waals surface area contributed by atoms with Crippen LogP contribution in [0.25, 0.3) is 0 Å². The van der Waals surface area contributed by atoms with Gasteiger partial charge in [0.05, 0.1) is 6.04 Å². The van der Waals surface area contributed by atoms with E-state index in [-0.39, 0.29) is 24.7 Å². The molecule has 1 atom stereocenters. The zero-order valence-electron chi connectivity index (χ0n) is 13.8. The number of aliphatic hydroxyl groups is 1. The second-order valence-electron chi connectivity index (χ2n) is 6.25. The van der Waals surface area contributed by atoms with E-state index in [9.17, 15) is 4.79 Å². The highest BCUT2D eigenvalue weighted by Crippen LogP contribution is 2.23. The summed E-state index contributed by atoms with van der Waals surface area (Å²) in [6.45, 7) is 2.75. The lowest BCUT2D eigenvalue weighted by Gasteiger charge is -2.28. The second-order valence-corrected chi connectivity index (χ2v) is 6.25. The monoisotopic (exact) mass is 320 g/mol. The van der Waals surface area contributed by atoms with Gasteiger partial charge in [-0.15, -0.1) is 0 Å². The number of para-hydroxylation sites is 1. The number of ether oxygens (including phenoxy) is 1. The van der Waals surface area contributed by atoms with Gasteiger partial charge in [0.25, 0.3) is 0 Å². The highest BCUT2D eigenvalue weighted by molar-refractivity contribution is 5.74. The fraction of sp³-hybridized carbons (Fsp3) is 0.611. The van der Waals surface area contributed by atoms with E-state index in [1.54, 1.807) is 0 Å². The normalized spacial score (nSPS) is 22.2. The lowest BCUT2D eigenvalue weighted by Crippen LogP contribution is -2.48. The Balaban J connectivity index is 1.70. The van der Waals surface area contributed by atoms with Gasteiger partial charge in [0, 0.05) is 12.6 Å². The van der Waals surface area contributed by atoms with Crippen LogP contribution in [0.2, 0.25) is 0 Å². The van der Waals surface area contributed by atoms with Crippen molar-refractivity contribution in [3.63, 3.8) is 0 Å². The van der Waals surface area contributed by atoms with Crippen LogP contribution >= 0.6 is 0 Å². The van der Waals surface area contributed by atoms with Crippen molar-refractivity contribution in [3.05, 3.63) is 30.3 Å². The van der Waals surface area contributed by atoms with Crippen LogP contribution < -0.4 is 15.4 Å². The number of amides is 2. The number of hydrogen-bond acceptors (Lipinski definition) is 3. The summed E-state index contributed by atoms with van der Waals surface area (Å²) in [5.74, 6) is 1.22. The largest absolute Gasteiger partial charge is 0.491 e. The van der Waals surface area contributed by atoms with Gasteiger partial charge in [-0.3, -0.25) is 0 Å². The standard InChI is InChI=1S/C18H28N2O3/c1-2-15(13-23-17-6-4-3-5-7-17)19-18(22)20-16-10-8-14(12-21)9-11-16/h3-7,14-16,21H,2,8-13H2,1H3,(H2,19,20,22). The van der Waals surface area contributed by atoms with Gasteiger partial charge in [-0.1, -0.05) is 25.1 Å². The molecular weight excluding hydrogens is 292 g/mol. The number of nitrogens with one attached hydrogen (secondary N) is 2. The molecule has 1 aliphatic rings. The third-order valence-electron chi connectivity index (χ3n) is 4.46. The predicted octanol–water partition coefficient (Wildman–Crippen LogP) is 2.69. The number of aliphatic hydroxyl groups excluding tert-OH is 1. The van der Waals surface area contributed by atoms with E-state index in [0.29, 0.717) is 12.5 Å². The van der Waals surface area contributed by atoms with E-state index >= 15 is 0 Å². The Bertz CT molecular complexity index is 459. The maximum absolute atomic E-state index is 12.1. The van der Waals surface area contributed by atoms with E-state index in [0.717, 1.165) is 37.9 Å². The summed E-state index contributed by atoms with van der Waals surface area (Å²) in [6, 6.07) is 9.70. The zero-order chi connectivity index (χ0) is 16.5. The van der Waals surface area contributed by atoms with Crippen LogP contribution in [0, 0.1) is 5.92 Å². The van der Waals surface area contributed by atoms with Gasteiger partial charge in [-0.25, -0.2) is 4.79 Å². The van der Waals surface area contributed by atoms with Gasteiger partial charge >= 0.3 is 6.03 Å². The molecule has 0 heterocycles. The predicted molar refractivity (Wildman–Crippen MR) is 90.5 cm³/mol. The van der Waals surface area contributed by atoms with Crippen molar-refractivity contribution in [2.75, 3.05) is 13.2 Å². The van der Waals surface area contributed by atoms with E-state index in [1.807, 2.05) is 37.3 Å². The molecule has 1 unspecified atom stereocenters. The summed E-state index contributed by atoms with van der Waals surface area (Å²) in [5, 5.41) is 15.2. The quantitative estimate of drug-likeness (QED) is 0.723. The summed E-state index contributed by atoms with van der Waals surface area (Å²) < 4.78 is 5.71. The maximum Gasteiger partial charge on any atom is 0.315 e. The minimum atomic E-state index is -0.124. The Kier molecular flexibility index (Phi) is 7.20. The number of carbonyl (C=O) groups is 1. The molecule has 1 aromatic rings. The summed E-state index contributed by atoms with van der Waals surface area (Å²) in [5.41, 5.74) is 0. The van der Waals surface area contributed by atoms with Crippen LogP contribution in [0.15, 0.2) is 30.3 Å². The van der Waals surface area contributed by atoms with Crippen molar-refractivity contribution in [2.24, 2.45) is 5.92 Å². The number of benzene rings is 1. The molecule has 0 aliphatic heterocycles. The van der Waals surface area contributed by atoms with E-state index < -0.39 is 0 Å². The smallest absolute Gasteiger partial charge is 0.315 e. The molecule has 3 N–H and O–H groups in total. The summed E-state index contributed by atoms with van der Waals surface area (Å²) in [6.07, 6.45) is 4.66. The average molecular weight is 320 g/mol. The lowest BCUT2D eigenvalue weighted by molar-refractivity contribution is 0.173. The molecule has 1 aromatic carbocycles.